The number of hydrogen-bond donors (Lipinski definition) is 1. The monoisotopic (exact) mass is 734 g/mol. The number of nitro benzene ring substituents is 1. The van der Waals surface area contributed by atoms with Crippen LogP contribution in [0.2, 0.25) is 5.02 Å². The highest BCUT2D eigenvalue weighted by atomic mass is 79.9. The van der Waals surface area contributed by atoms with Crippen molar-refractivity contribution in [1.82, 2.24) is 10.2 Å². The number of nitrogens with zero attached hydrogens (tertiary/aromatic N) is 3. The van der Waals surface area contributed by atoms with Crippen LogP contribution in [0.5, 0.6) is 5.75 Å². The number of carbonyl (C=O) groups is 2. The van der Waals surface area contributed by atoms with Gasteiger partial charge in [-0.1, -0.05) is 65.0 Å². The van der Waals surface area contributed by atoms with Gasteiger partial charge in [-0.2, -0.15) is 0 Å². The van der Waals surface area contributed by atoms with Crippen molar-refractivity contribution in [3.8, 4) is 5.75 Å². The lowest BCUT2D eigenvalue weighted by Gasteiger charge is -2.33. The largest absolute Gasteiger partial charge is 0.495 e. The number of carbonyl (C=O) groups excluding carboxylic acids is 2. The summed E-state index contributed by atoms with van der Waals surface area (Å²) in [7, 11) is -3.28. The number of halogens is 2. The van der Waals surface area contributed by atoms with Gasteiger partial charge in [-0.25, -0.2) is 8.42 Å². The Morgan fingerprint density at radius 3 is 2.39 bits per heavy atom. The number of rotatable bonds is 12. The maximum absolute atomic E-state index is 14.3. The fourth-order valence-electron chi connectivity index (χ4n) is 5.38. The molecule has 0 unspecified atom stereocenters. The number of ether oxygens (including phenoxy) is 1. The SMILES string of the molecule is COc1ccc(Cl)cc1N(CC(=O)N(Cc1ccc(Br)cc1)[C@@H](C)C(=O)NC1CCCCC1)S(=O)(=O)c1ccc(C)c([N+](=O)[O-])c1. The summed E-state index contributed by atoms with van der Waals surface area (Å²) >= 11 is 9.69. The van der Waals surface area contributed by atoms with Crippen molar-refractivity contribution in [2.24, 2.45) is 0 Å². The van der Waals surface area contributed by atoms with Crippen LogP contribution in [0, 0.1) is 17.0 Å². The van der Waals surface area contributed by atoms with Gasteiger partial charge in [0.1, 0.15) is 18.3 Å². The van der Waals surface area contributed by atoms with E-state index in [1.165, 1.54) is 49.3 Å². The van der Waals surface area contributed by atoms with Crippen LogP contribution in [0.3, 0.4) is 0 Å². The molecule has 3 aromatic carbocycles. The maximum Gasteiger partial charge on any atom is 0.273 e. The number of amides is 2. The minimum Gasteiger partial charge on any atom is -0.495 e. The maximum atomic E-state index is 14.3. The Bertz CT molecular complexity index is 1700. The fraction of sp³-hybridized carbons (Fsp3) is 0.375. The Morgan fingerprint density at radius 2 is 1.76 bits per heavy atom. The van der Waals surface area contributed by atoms with Crippen LogP contribution in [0.15, 0.2) is 70.0 Å². The smallest absolute Gasteiger partial charge is 0.273 e. The van der Waals surface area contributed by atoms with E-state index >= 15 is 0 Å². The summed E-state index contributed by atoms with van der Waals surface area (Å²) in [5, 5.41) is 14.9. The molecule has 0 radical (unpaired) electrons. The standard InChI is InChI=1S/C32H36BrClN4O7S/c1-21-9-15-27(18-28(21)38(41)42)46(43,44)37(29-17-25(34)14-16-30(29)45-3)20-31(39)36(19-23-10-12-24(33)13-11-23)22(2)32(40)35-26-7-5-4-6-8-26/h9-18,22,26H,4-8,19-20H2,1-3H3,(H,35,40)/t22-/m0/s1. The molecule has 3 aromatic rings. The molecule has 1 fully saturated rings. The molecule has 1 saturated carbocycles. The lowest BCUT2D eigenvalue weighted by molar-refractivity contribution is -0.385. The first-order chi connectivity index (χ1) is 21.8. The zero-order valence-electron chi connectivity index (χ0n) is 25.7. The summed E-state index contributed by atoms with van der Waals surface area (Å²) in [5.41, 5.74) is 0.549. The van der Waals surface area contributed by atoms with Crippen molar-refractivity contribution >= 4 is 60.7 Å². The molecule has 1 N–H and O–H groups in total. The molecule has 1 atom stereocenters. The Balaban J connectivity index is 1.77. The van der Waals surface area contributed by atoms with Gasteiger partial charge in [0.15, 0.2) is 0 Å². The van der Waals surface area contributed by atoms with Crippen molar-refractivity contribution in [1.29, 1.82) is 0 Å². The van der Waals surface area contributed by atoms with E-state index in [0.29, 0.717) is 0 Å². The zero-order valence-corrected chi connectivity index (χ0v) is 28.9. The number of hydrogen-bond acceptors (Lipinski definition) is 7. The van der Waals surface area contributed by atoms with E-state index in [0.717, 1.165) is 52.5 Å². The highest BCUT2D eigenvalue weighted by Gasteiger charge is 2.35. The molecule has 1 aliphatic rings. The van der Waals surface area contributed by atoms with Crippen LogP contribution in [0.25, 0.3) is 0 Å². The number of sulfonamides is 1. The number of nitro groups is 1. The van der Waals surface area contributed by atoms with E-state index in [9.17, 15) is 28.1 Å². The minimum atomic E-state index is -4.62. The molecular formula is C32H36BrClN4O7S. The van der Waals surface area contributed by atoms with E-state index in [1.54, 1.807) is 19.1 Å². The highest BCUT2D eigenvalue weighted by Crippen LogP contribution is 2.36. The third-order valence-corrected chi connectivity index (χ3v) is 10.6. The van der Waals surface area contributed by atoms with Gasteiger partial charge >= 0.3 is 0 Å². The molecule has 14 heteroatoms. The zero-order chi connectivity index (χ0) is 33.6. The van der Waals surface area contributed by atoms with E-state index in [2.05, 4.69) is 21.2 Å². The topological polar surface area (TPSA) is 139 Å². The van der Waals surface area contributed by atoms with Crippen molar-refractivity contribution in [3.63, 3.8) is 0 Å². The van der Waals surface area contributed by atoms with Gasteiger partial charge in [-0.05, 0) is 68.7 Å². The number of anilines is 1. The third-order valence-electron chi connectivity index (χ3n) is 8.04. The average Bonchev–Trinajstić information content (AvgIpc) is 3.03. The third kappa shape index (κ3) is 8.37. The van der Waals surface area contributed by atoms with Gasteiger partial charge in [0.2, 0.25) is 11.8 Å². The molecule has 246 valence electrons. The Hall–Kier alpha value is -3.68. The van der Waals surface area contributed by atoms with Crippen LogP contribution >= 0.6 is 27.5 Å². The second kappa shape index (κ2) is 15.3. The summed E-state index contributed by atoms with van der Waals surface area (Å²) in [4.78, 5) is 39.7. The summed E-state index contributed by atoms with van der Waals surface area (Å²) < 4.78 is 35.6. The first-order valence-corrected chi connectivity index (χ1v) is 17.4. The lowest BCUT2D eigenvalue weighted by Crippen LogP contribution is -2.53. The highest BCUT2D eigenvalue weighted by molar-refractivity contribution is 9.10. The van der Waals surface area contributed by atoms with Gasteiger partial charge in [0, 0.05) is 33.7 Å². The molecule has 0 aliphatic heterocycles. The molecule has 2 amide bonds. The molecule has 0 spiro atoms. The predicted octanol–water partition coefficient (Wildman–Crippen LogP) is 6.39. The summed E-state index contributed by atoms with van der Waals surface area (Å²) in [6.45, 7) is 2.37. The van der Waals surface area contributed by atoms with Crippen LogP contribution in [-0.4, -0.2) is 55.8 Å². The Morgan fingerprint density at radius 1 is 1.09 bits per heavy atom. The quantitative estimate of drug-likeness (QED) is 0.168. The van der Waals surface area contributed by atoms with Crippen LogP contribution < -0.4 is 14.4 Å². The number of methoxy groups -OCH3 is 1. The number of nitrogens with one attached hydrogen (secondary N) is 1. The molecule has 0 bridgehead atoms. The molecule has 46 heavy (non-hydrogen) atoms. The number of benzene rings is 3. The van der Waals surface area contributed by atoms with Crippen molar-refractivity contribution in [3.05, 3.63) is 91.4 Å². The van der Waals surface area contributed by atoms with E-state index in [-0.39, 0.29) is 40.5 Å². The van der Waals surface area contributed by atoms with Gasteiger partial charge in [0.25, 0.3) is 15.7 Å². The van der Waals surface area contributed by atoms with Crippen LogP contribution in [0.4, 0.5) is 11.4 Å². The second-order valence-electron chi connectivity index (χ2n) is 11.2. The van der Waals surface area contributed by atoms with Crippen molar-refractivity contribution < 1.29 is 27.7 Å². The van der Waals surface area contributed by atoms with Crippen LogP contribution in [0.1, 0.15) is 50.2 Å². The van der Waals surface area contributed by atoms with E-state index in [1.807, 2.05) is 12.1 Å². The molecule has 4 rings (SSSR count). The lowest BCUT2D eigenvalue weighted by atomic mass is 9.95. The van der Waals surface area contributed by atoms with Crippen molar-refractivity contribution in [2.75, 3.05) is 18.0 Å². The fourth-order valence-corrected chi connectivity index (χ4v) is 7.25. The molecule has 1 aliphatic carbocycles. The Kier molecular flexibility index (Phi) is 11.7. The normalized spacial score (nSPS) is 14.3. The van der Waals surface area contributed by atoms with Gasteiger partial charge in [0.05, 0.1) is 22.6 Å². The second-order valence-corrected chi connectivity index (χ2v) is 14.4. The minimum absolute atomic E-state index is 0.00161. The van der Waals surface area contributed by atoms with Gasteiger partial charge in [-0.15, -0.1) is 0 Å². The average molecular weight is 736 g/mol. The molecule has 0 heterocycles. The van der Waals surface area contributed by atoms with Gasteiger partial charge in [-0.3, -0.25) is 24.0 Å². The first kappa shape index (κ1) is 35.2. The predicted molar refractivity (Wildman–Crippen MR) is 180 cm³/mol. The summed E-state index contributed by atoms with van der Waals surface area (Å²) in [5.74, 6) is -0.923. The van der Waals surface area contributed by atoms with Gasteiger partial charge < -0.3 is 15.0 Å². The molecule has 0 aromatic heterocycles. The summed E-state index contributed by atoms with van der Waals surface area (Å²) in [6.07, 6.45) is 4.82. The molecule has 11 nitrogen and oxygen atoms in total. The Labute approximate surface area is 282 Å². The first-order valence-electron chi connectivity index (χ1n) is 14.8. The molecular weight excluding hydrogens is 700 g/mol. The molecule has 0 saturated heterocycles. The van der Waals surface area contributed by atoms with E-state index in [4.69, 9.17) is 16.3 Å². The summed E-state index contributed by atoms with van der Waals surface area (Å²) in [6, 6.07) is 14.1. The number of aryl methyl sites for hydroxylation is 1. The van der Waals surface area contributed by atoms with E-state index < -0.39 is 44.0 Å². The van der Waals surface area contributed by atoms with Crippen LogP contribution in [-0.2, 0) is 26.2 Å². The van der Waals surface area contributed by atoms with Crippen molar-refractivity contribution in [2.45, 2.75) is 69.5 Å².